The molecule has 0 saturated carbocycles. The summed E-state index contributed by atoms with van der Waals surface area (Å²) in [6.45, 7) is 0.842. The van der Waals surface area contributed by atoms with Gasteiger partial charge in [0.2, 0.25) is 12.7 Å². The number of hydrogen-bond donors (Lipinski definition) is 0. The van der Waals surface area contributed by atoms with Crippen molar-refractivity contribution in [3.8, 4) is 11.5 Å². The molecule has 0 amide bonds. The number of carbonyl (C=O) groups is 1. The first-order valence-corrected chi connectivity index (χ1v) is 7.70. The predicted octanol–water partition coefficient (Wildman–Crippen LogP) is 2.78. The van der Waals surface area contributed by atoms with Crippen molar-refractivity contribution in [2.45, 2.75) is 12.0 Å². The van der Waals surface area contributed by atoms with Crippen LogP contribution in [0.2, 0.25) is 0 Å². The maximum absolute atomic E-state index is 11.3. The number of nitrogens with zero attached hydrogens (tertiary/aromatic N) is 1. The first kappa shape index (κ1) is 13.6. The van der Waals surface area contributed by atoms with Gasteiger partial charge in [-0.2, -0.15) is 0 Å². The first-order chi connectivity index (χ1) is 10.7. The summed E-state index contributed by atoms with van der Waals surface area (Å²) in [6, 6.07) is 3.70. The molecule has 1 aliphatic carbocycles. The molecule has 1 aromatic carbocycles. The lowest BCUT2D eigenvalue weighted by Crippen LogP contribution is -2.37. The first-order valence-electron chi connectivity index (χ1n) is 6.91. The Morgan fingerprint density at radius 3 is 2.64 bits per heavy atom. The number of rotatable bonds is 1. The highest BCUT2D eigenvalue weighted by molar-refractivity contribution is 9.10. The van der Waals surface area contributed by atoms with Crippen LogP contribution in [0.1, 0.15) is 12.0 Å². The van der Waals surface area contributed by atoms with Crippen LogP contribution >= 0.6 is 15.9 Å². The Morgan fingerprint density at radius 1 is 1.14 bits per heavy atom. The molecule has 3 aliphatic rings. The molecule has 112 valence electrons. The Balaban J connectivity index is 1.69. The average Bonchev–Trinajstić information content (AvgIpc) is 2.97. The lowest BCUT2D eigenvalue weighted by molar-refractivity contribution is -0.110. The Hall–Kier alpha value is -2.08. The molecule has 0 bridgehead atoms. The fourth-order valence-corrected chi connectivity index (χ4v) is 3.10. The average molecular weight is 362 g/mol. The molecule has 0 saturated heterocycles. The summed E-state index contributed by atoms with van der Waals surface area (Å²) in [5.74, 6) is 1.88. The van der Waals surface area contributed by atoms with Crippen LogP contribution in [-0.4, -0.2) is 30.6 Å². The van der Waals surface area contributed by atoms with E-state index in [1.54, 1.807) is 12.2 Å². The number of fused-ring (bicyclic) bond motifs is 1. The Kier molecular flexibility index (Phi) is 3.07. The molecule has 4 rings (SSSR count). The predicted molar refractivity (Wildman–Crippen MR) is 83.4 cm³/mol. The number of carbonyl (C=O) groups excluding carboxylic acids is 1. The Labute approximate surface area is 135 Å². The maximum atomic E-state index is 11.3. The van der Waals surface area contributed by atoms with Crippen LogP contribution in [0.15, 0.2) is 45.9 Å². The van der Waals surface area contributed by atoms with Crippen LogP contribution in [0.25, 0.3) is 0 Å². The summed E-state index contributed by atoms with van der Waals surface area (Å²) in [6.07, 6.45) is 7.38. The van der Waals surface area contributed by atoms with E-state index in [0.29, 0.717) is 30.4 Å². The quantitative estimate of drug-likeness (QED) is 0.771. The van der Waals surface area contributed by atoms with E-state index in [9.17, 15) is 4.79 Å². The highest BCUT2D eigenvalue weighted by Gasteiger charge is 2.34. The van der Waals surface area contributed by atoms with Gasteiger partial charge in [-0.15, -0.1) is 0 Å². The minimum absolute atomic E-state index is 0.0254. The van der Waals surface area contributed by atoms with Gasteiger partial charge in [0, 0.05) is 17.4 Å². The third-order valence-corrected chi connectivity index (χ3v) is 4.45. The van der Waals surface area contributed by atoms with Gasteiger partial charge in [-0.3, -0.25) is 9.79 Å². The lowest BCUT2D eigenvalue weighted by atomic mass is 9.92. The molecule has 0 N–H and O–H groups in total. The van der Waals surface area contributed by atoms with Crippen LogP contribution in [0.5, 0.6) is 11.5 Å². The van der Waals surface area contributed by atoms with Crippen molar-refractivity contribution in [1.82, 2.24) is 0 Å². The molecule has 5 nitrogen and oxygen atoms in total. The standard InChI is InChI=1S/C16H12BrNO4/c17-12-8-14-13(20-9-21-14)7-11(12)15-18-6-5-16(22-15)3-1-10(19)2-4-16/h1-4,7-8H,5-6,9H2. The van der Waals surface area contributed by atoms with Crippen LogP contribution in [0.3, 0.4) is 0 Å². The zero-order valence-corrected chi connectivity index (χ0v) is 13.1. The summed E-state index contributed by atoms with van der Waals surface area (Å²) in [4.78, 5) is 15.8. The molecule has 0 radical (unpaired) electrons. The topological polar surface area (TPSA) is 57.1 Å². The molecular formula is C16H12BrNO4. The summed E-state index contributed by atoms with van der Waals surface area (Å²) in [7, 11) is 0. The van der Waals surface area contributed by atoms with Crippen molar-refractivity contribution < 1.29 is 19.0 Å². The van der Waals surface area contributed by atoms with E-state index in [4.69, 9.17) is 14.2 Å². The second kappa shape index (κ2) is 4.98. The van der Waals surface area contributed by atoms with E-state index < -0.39 is 5.60 Å². The number of aliphatic imine (C=N–C) groups is 1. The molecule has 0 aromatic heterocycles. The largest absolute Gasteiger partial charge is 0.462 e. The van der Waals surface area contributed by atoms with E-state index in [0.717, 1.165) is 10.0 Å². The molecule has 0 fully saturated rings. The SMILES string of the molecule is O=C1C=CC2(C=C1)CCN=C(c1cc3c(cc1Br)OCO3)O2. The van der Waals surface area contributed by atoms with Gasteiger partial charge < -0.3 is 14.2 Å². The van der Waals surface area contributed by atoms with E-state index in [2.05, 4.69) is 20.9 Å². The number of halogens is 1. The zero-order chi connectivity index (χ0) is 15.2. The highest BCUT2D eigenvalue weighted by atomic mass is 79.9. The van der Waals surface area contributed by atoms with Crippen molar-refractivity contribution in [2.75, 3.05) is 13.3 Å². The normalized spacial score (nSPS) is 21.0. The Bertz CT molecular complexity index is 735. The van der Waals surface area contributed by atoms with Gasteiger partial charge in [-0.05, 0) is 52.4 Å². The number of allylic oxidation sites excluding steroid dienone is 2. The fraction of sp³-hybridized carbons (Fsp3) is 0.250. The van der Waals surface area contributed by atoms with Gasteiger partial charge >= 0.3 is 0 Å². The van der Waals surface area contributed by atoms with Crippen LogP contribution < -0.4 is 9.47 Å². The minimum Gasteiger partial charge on any atom is -0.462 e. The van der Waals surface area contributed by atoms with Gasteiger partial charge in [-0.1, -0.05) is 0 Å². The van der Waals surface area contributed by atoms with Crippen molar-refractivity contribution >= 4 is 27.6 Å². The summed E-state index contributed by atoms with van der Waals surface area (Å²) in [5, 5.41) is 0. The third kappa shape index (κ3) is 2.23. The second-order valence-electron chi connectivity index (χ2n) is 5.25. The molecule has 0 unspecified atom stereocenters. The summed E-state index contributed by atoms with van der Waals surface area (Å²) >= 11 is 3.52. The monoisotopic (exact) mass is 361 g/mol. The van der Waals surface area contributed by atoms with E-state index in [1.807, 2.05) is 12.1 Å². The molecule has 2 aliphatic heterocycles. The minimum atomic E-state index is -0.596. The highest BCUT2D eigenvalue weighted by Crippen LogP contribution is 2.39. The van der Waals surface area contributed by atoms with Gasteiger partial charge in [0.15, 0.2) is 17.3 Å². The molecule has 22 heavy (non-hydrogen) atoms. The van der Waals surface area contributed by atoms with E-state index in [1.165, 1.54) is 12.2 Å². The molecule has 1 spiro atoms. The summed E-state index contributed by atoms with van der Waals surface area (Å²) < 4.78 is 17.7. The van der Waals surface area contributed by atoms with Crippen molar-refractivity contribution in [3.05, 3.63) is 46.5 Å². The molecule has 6 heteroatoms. The molecular weight excluding hydrogens is 350 g/mol. The molecule has 0 atom stereocenters. The van der Waals surface area contributed by atoms with Crippen molar-refractivity contribution in [1.29, 1.82) is 0 Å². The van der Waals surface area contributed by atoms with Crippen LogP contribution in [0.4, 0.5) is 0 Å². The van der Waals surface area contributed by atoms with Crippen molar-refractivity contribution in [2.24, 2.45) is 4.99 Å². The van der Waals surface area contributed by atoms with E-state index >= 15 is 0 Å². The number of ketones is 1. The fourth-order valence-electron chi connectivity index (χ4n) is 2.61. The number of benzene rings is 1. The summed E-state index contributed by atoms with van der Waals surface area (Å²) in [5.41, 5.74) is 0.211. The smallest absolute Gasteiger partial charge is 0.231 e. The maximum Gasteiger partial charge on any atom is 0.231 e. The van der Waals surface area contributed by atoms with Gasteiger partial charge in [0.25, 0.3) is 0 Å². The second-order valence-corrected chi connectivity index (χ2v) is 6.10. The van der Waals surface area contributed by atoms with Crippen LogP contribution in [0, 0.1) is 0 Å². The molecule has 1 aromatic rings. The van der Waals surface area contributed by atoms with Gasteiger partial charge in [-0.25, -0.2) is 0 Å². The lowest BCUT2D eigenvalue weighted by Gasteiger charge is -2.33. The third-order valence-electron chi connectivity index (χ3n) is 3.80. The van der Waals surface area contributed by atoms with E-state index in [-0.39, 0.29) is 12.6 Å². The molecule has 2 heterocycles. The van der Waals surface area contributed by atoms with Gasteiger partial charge in [0.1, 0.15) is 5.60 Å². The van der Waals surface area contributed by atoms with Crippen LogP contribution in [-0.2, 0) is 9.53 Å². The number of ether oxygens (including phenoxy) is 3. The van der Waals surface area contributed by atoms with Gasteiger partial charge in [0.05, 0.1) is 5.56 Å². The number of hydrogen-bond acceptors (Lipinski definition) is 5. The van der Waals surface area contributed by atoms with Crippen molar-refractivity contribution in [3.63, 3.8) is 0 Å². The zero-order valence-electron chi connectivity index (χ0n) is 11.5. The Morgan fingerprint density at radius 2 is 1.86 bits per heavy atom.